The molecular weight excluding hydrogens is 438 g/mol. The van der Waals surface area contributed by atoms with E-state index in [0.717, 1.165) is 26.4 Å². The first-order valence-electron chi connectivity index (χ1n) is 8.57. The van der Waals surface area contributed by atoms with Crippen molar-refractivity contribution in [3.63, 3.8) is 0 Å². The molecule has 0 aromatic heterocycles. The lowest BCUT2D eigenvalue weighted by Gasteiger charge is -2.12. The minimum Gasteiger partial charge on any atom is -0.302 e. The van der Waals surface area contributed by atoms with E-state index in [-0.39, 0.29) is 23.3 Å². The van der Waals surface area contributed by atoms with E-state index in [9.17, 15) is 9.59 Å². The van der Waals surface area contributed by atoms with Gasteiger partial charge in [0.2, 0.25) is 5.91 Å². The number of hydrogen-bond acceptors (Lipinski definition) is 3. The van der Waals surface area contributed by atoms with Gasteiger partial charge >= 0.3 is 0 Å². The summed E-state index contributed by atoms with van der Waals surface area (Å²) in [6, 6.07) is 19.0. The van der Waals surface area contributed by atoms with Gasteiger partial charge in [-0.05, 0) is 53.2 Å². The molecule has 0 saturated heterocycles. The summed E-state index contributed by atoms with van der Waals surface area (Å²) in [6.07, 6.45) is 0.183. The minimum absolute atomic E-state index is 0.0322. The quantitative estimate of drug-likeness (QED) is 0.415. The predicted octanol–water partition coefficient (Wildman–Crippen LogP) is 3.79. The van der Waals surface area contributed by atoms with E-state index in [2.05, 4.69) is 32.1 Å². The summed E-state index contributed by atoms with van der Waals surface area (Å²) >= 11 is 8.48. The highest BCUT2D eigenvalue weighted by Gasteiger charge is 2.11. The van der Waals surface area contributed by atoms with Crippen molar-refractivity contribution in [1.29, 1.82) is 0 Å². The van der Waals surface area contributed by atoms with Gasteiger partial charge in [-0.3, -0.25) is 20.4 Å². The van der Waals surface area contributed by atoms with Crippen LogP contribution in [0.25, 0.3) is 10.8 Å². The summed E-state index contributed by atoms with van der Waals surface area (Å²) in [5.74, 6) is -0.618. The number of benzene rings is 3. The fourth-order valence-corrected chi connectivity index (χ4v) is 3.29. The molecule has 7 heteroatoms. The normalized spacial score (nSPS) is 10.4. The van der Waals surface area contributed by atoms with E-state index in [1.165, 1.54) is 0 Å². The molecule has 3 aromatic rings. The molecule has 0 radical (unpaired) electrons. The maximum absolute atomic E-state index is 12.3. The van der Waals surface area contributed by atoms with Crippen molar-refractivity contribution < 1.29 is 9.59 Å². The average molecular weight is 456 g/mol. The molecule has 0 heterocycles. The highest BCUT2D eigenvalue weighted by atomic mass is 79.9. The zero-order valence-electron chi connectivity index (χ0n) is 15.1. The Bertz CT molecular complexity index is 1060. The van der Waals surface area contributed by atoms with Gasteiger partial charge in [-0.1, -0.05) is 64.5 Å². The molecule has 0 aliphatic rings. The second-order valence-corrected chi connectivity index (χ2v) is 7.50. The van der Waals surface area contributed by atoms with Gasteiger partial charge in [0, 0.05) is 10.0 Å². The first-order valence-corrected chi connectivity index (χ1v) is 9.77. The van der Waals surface area contributed by atoms with Crippen LogP contribution in [0, 0.1) is 6.92 Å². The Hall–Kier alpha value is -2.77. The third-order valence-electron chi connectivity index (χ3n) is 4.21. The Balaban J connectivity index is 1.55. The fraction of sp³-hybridized carbons (Fsp3) is 0.0952. The lowest BCUT2D eigenvalue weighted by atomic mass is 10.0. The average Bonchev–Trinajstić information content (AvgIpc) is 2.68. The second kappa shape index (κ2) is 8.95. The van der Waals surface area contributed by atoms with Crippen molar-refractivity contribution >= 4 is 55.8 Å². The molecule has 0 unspecified atom stereocenters. The van der Waals surface area contributed by atoms with Crippen molar-refractivity contribution in [2.45, 2.75) is 13.3 Å². The largest absolute Gasteiger partial charge is 0.302 e. The minimum atomic E-state index is -0.355. The standard InChI is InChI=1S/C21H18BrN3O2S/c1-13-9-10-16(11-18(13)22)20(27)24-25-21(28)23-19(26)12-15-7-4-6-14-5-2-3-8-17(14)15/h2-11H,12H2,1H3,(H,24,27)(H2,23,25,26,28). The summed E-state index contributed by atoms with van der Waals surface area (Å²) in [4.78, 5) is 24.5. The van der Waals surface area contributed by atoms with Crippen LogP contribution in [-0.2, 0) is 11.2 Å². The molecule has 0 bridgehead atoms. The van der Waals surface area contributed by atoms with Crippen LogP contribution in [0.15, 0.2) is 65.1 Å². The number of aryl methyl sites for hydroxylation is 1. The summed E-state index contributed by atoms with van der Waals surface area (Å²) < 4.78 is 0.839. The highest BCUT2D eigenvalue weighted by Crippen LogP contribution is 2.19. The molecule has 28 heavy (non-hydrogen) atoms. The Kier molecular flexibility index (Phi) is 6.38. The Morgan fingerprint density at radius 2 is 1.75 bits per heavy atom. The van der Waals surface area contributed by atoms with Crippen LogP contribution in [0.1, 0.15) is 21.5 Å². The topological polar surface area (TPSA) is 70.2 Å². The van der Waals surface area contributed by atoms with Gasteiger partial charge in [-0.15, -0.1) is 0 Å². The number of fused-ring (bicyclic) bond motifs is 1. The number of hydrazine groups is 1. The summed E-state index contributed by atoms with van der Waals surface area (Å²) in [5.41, 5.74) is 7.44. The van der Waals surface area contributed by atoms with Gasteiger partial charge in [-0.2, -0.15) is 0 Å². The van der Waals surface area contributed by atoms with Gasteiger partial charge in [-0.25, -0.2) is 0 Å². The number of carbonyl (C=O) groups excluding carboxylic acids is 2. The Morgan fingerprint density at radius 3 is 2.54 bits per heavy atom. The molecule has 142 valence electrons. The van der Waals surface area contributed by atoms with E-state index in [1.54, 1.807) is 12.1 Å². The number of amides is 2. The molecule has 3 N–H and O–H groups in total. The van der Waals surface area contributed by atoms with Crippen molar-refractivity contribution in [1.82, 2.24) is 16.2 Å². The number of thiocarbonyl (C=S) groups is 1. The lowest BCUT2D eigenvalue weighted by Crippen LogP contribution is -2.48. The summed E-state index contributed by atoms with van der Waals surface area (Å²) in [5, 5.41) is 4.71. The van der Waals surface area contributed by atoms with E-state index in [0.29, 0.717) is 5.56 Å². The van der Waals surface area contributed by atoms with Crippen LogP contribution >= 0.6 is 28.1 Å². The van der Waals surface area contributed by atoms with Crippen molar-refractivity contribution in [3.8, 4) is 0 Å². The summed E-state index contributed by atoms with van der Waals surface area (Å²) in [7, 11) is 0. The molecule has 3 rings (SSSR count). The Labute approximate surface area is 176 Å². The molecule has 0 saturated carbocycles. The Morgan fingerprint density at radius 1 is 1.00 bits per heavy atom. The molecule has 5 nitrogen and oxygen atoms in total. The van der Waals surface area contributed by atoms with Crippen LogP contribution in [0.3, 0.4) is 0 Å². The zero-order valence-corrected chi connectivity index (χ0v) is 17.5. The highest BCUT2D eigenvalue weighted by molar-refractivity contribution is 9.10. The molecule has 0 spiro atoms. The molecule has 0 atom stereocenters. The monoisotopic (exact) mass is 455 g/mol. The van der Waals surface area contributed by atoms with Gasteiger partial charge in [0.15, 0.2) is 5.11 Å². The number of rotatable bonds is 3. The molecule has 0 fully saturated rings. The van der Waals surface area contributed by atoms with Crippen LogP contribution in [-0.4, -0.2) is 16.9 Å². The third kappa shape index (κ3) is 4.94. The van der Waals surface area contributed by atoms with Gasteiger partial charge in [0.25, 0.3) is 5.91 Å². The molecule has 2 amide bonds. The number of halogens is 1. The zero-order chi connectivity index (χ0) is 20.1. The van der Waals surface area contributed by atoms with Crippen LogP contribution < -0.4 is 16.2 Å². The first kappa shape index (κ1) is 20.0. The van der Waals surface area contributed by atoms with Crippen LogP contribution in [0.5, 0.6) is 0 Å². The first-order chi connectivity index (χ1) is 13.4. The van der Waals surface area contributed by atoms with Crippen LogP contribution in [0.4, 0.5) is 0 Å². The second-order valence-electron chi connectivity index (χ2n) is 6.24. The van der Waals surface area contributed by atoms with Crippen LogP contribution in [0.2, 0.25) is 0 Å². The van der Waals surface area contributed by atoms with Crippen molar-refractivity contribution in [2.75, 3.05) is 0 Å². The third-order valence-corrected chi connectivity index (χ3v) is 5.27. The fourth-order valence-electron chi connectivity index (χ4n) is 2.74. The molecular formula is C21H18BrN3O2S. The molecule has 0 aliphatic heterocycles. The van der Waals surface area contributed by atoms with E-state index in [4.69, 9.17) is 12.2 Å². The SMILES string of the molecule is Cc1ccc(C(=O)NNC(=S)NC(=O)Cc2cccc3ccccc23)cc1Br. The van der Waals surface area contributed by atoms with Crippen molar-refractivity contribution in [3.05, 3.63) is 81.8 Å². The molecule has 0 aliphatic carbocycles. The van der Waals surface area contributed by atoms with Gasteiger partial charge in [0.1, 0.15) is 0 Å². The van der Waals surface area contributed by atoms with Gasteiger partial charge in [0.05, 0.1) is 6.42 Å². The maximum Gasteiger partial charge on any atom is 0.269 e. The number of carbonyl (C=O) groups is 2. The molecule has 3 aromatic carbocycles. The van der Waals surface area contributed by atoms with E-state index in [1.807, 2.05) is 55.5 Å². The van der Waals surface area contributed by atoms with E-state index >= 15 is 0 Å². The van der Waals surface area contributed by atoms with E-state index < -0.39 is 0 Å². The predicted molar refractivity (Wildman–Crippen MR) is 118 cm³/mol. The smallest absolute Gasteiger partial charge is 0.269 e. The lowest BCUT2D eigenvalue weighted by molar-refractivity contribution is -0.119. The van der Waals surface area contributed by atoms with Gasteiger partial charge < -0.3 is 5.32 Å². The number of hydrogen-bond donors (Lipinski definition) is 3. The maximum atomic E-state index is 12.3. The summed E-state index contributed by atoms with van der Waals surface area (Å²) in [6.45, 7) is 1.94. The number of nitrogens with one attached hydrogen (secondary N) is 3. The van der Waals surface area contributed by atoms with Crippen molar-refractivity contribution in [2.24, 2.45) is 0 Å².